The molecule has 1 spiro atoms. The maximum absolute atomic E-state index is 13.3. The number of hydrogen-bond donors (Lipinski definition) is 2. The van der Waals surface area contributed by atoms with Crippen LogP contribution in [0.5, 0.6) is 0 Å². The molecule has 5 aliphatic rings. The van der Waals surface area contributed by atoms with Crippen LogP contribution >= 0.6 is 11.6 Å². The van der Waals surface area contributed by atoms with Crippen molar-refractivity contribution >= 4 is 29.0 Å². The number of piperidine rings is 1. The summed E-state index contributed by atoms with van der Waals surface area (Å²) in [4.78, 5) is 24.8. The van der Waals surface area contributed by atoms with E-state index in [1.165, 1.54) is 57.4 Å². The maximum Gasteiger partial charge on any atom is 0.241 e. The Hall–Kier alpha value is -2.19. The highest BCUT2D eigenvalue weighted by atomic mass is 35.5. The summed E-state index contributed by atoms with van der Waals surface area (Å²) >= 11 is 6.76. The summed E-state index contributed by atoms with van der Waals surface area (Å²) in [6.07, 6.45) is 6.80. The van der Waals surface area contributed by atoms with Gasteiger partial charge in [0.2, 0.25) is 5.91 Å². The van der Waals surface area contributed by atoms with E-state index < -0.39 is 0 Å². The van der Waals surface area contributed by atoms with Crippen molar-refractivity contribution in [2.75, 3.05) is 75.7 Å². The van der Waals surface area contributed by atoms with E-state index in [9.17, 15) is 4.79 Å². The second-order valence-electron chi connectivity index (χ2n) is 11.9. The minimum atomic E-state index is -0.176. The van der Waals surface area contributed by atoms with E-state index in [2.05, 4.69) is 49.7 Å². The lowest BCUT2D eigenvalue weighted by molar-refractivity contribution is -0.121. The molecule has 7 nitrogen and oxygen atoms in total. The molecule has 0 bridgehead atoms. The minimum absolute atomic E-state index is 0.176. The van der Waals surface area contributed by atoms with Crippen molar-refractivity contribution < 1.29 is 4.79 Å². The van der Waals surface area contributed by atoms with Crippen LogP contribution in [0.3, 0.4) is 0 Å². The van der Waals surface area contributed by atoms with Gasteiger partial charge in [0, 0.05) is 73.7 Å². The van der Waals surface area contributed by atoms with Crippen molar-refractivity contribution in [1.82, 2.24) is 20.1 Å². The molecule has 2 aromatic rings. The van der Waals surface area contributed by atoms with Crippen molar-refractivity contribution in [3.8, 4) is 0 Å². The summed E-state index contributed by atoms with van der Waals surface area (Å²) in [5.41, 5.74) is 3.77. The zero-order chi connectivity index (χ0) is 25.0. The molecule has 1 saturated carbocycles. The first-order chi connectivity index (χ1) is 18.1. The normalized spacial score (nSPS) is 27.7. The average Bonchev–Trinajstić information content (AvgIpc) is 3.68. The molecular formula is C29H37ClN6O. The number of amides is 1. The molecule has 2 N–H and O–H groups in total. The third-order valence-corrected chi connectivity index (χ3v) is 9.96. The largest absolute Gasteiger partial charge is 0.369 e. The Morgan fingerprint density at radius 3 is 2.65 bits per heavy atom. The third-order valence-electron chi connectivity index (χ3n) is 9.64. The number of nitrogens with one attached hydrogen (secondary N) is 2. The molecule has 1 atom stereocenters. The molecule has 37 heavy (non-hydrogen) atoms. The molecule has 0 radical (unpaired) electrons. The van der Waals surface area contributed by atoms with Gasteiger partial charge in [-0.25, -0.2) is 4.98 Å². The monoisotopic (exact) mass is 520 g/mol. The quantitative estimate of drug-likeness (QED) is 0.610. The number of hydrogen-bond acceptors (Lipinski definition) is 6. The van der Waals surface area contributed by atoms with E-state index in [-0.39, 0.29) is 11.3 Å². The lowest BCUT2D eigenvalue weighted by Crippen LogP contribution is -2.61. The van der Waals surface area contributed by atoms with Gasteiger partial charge in [-0.05, 0) is 73.9 Å². The van der Waals surface area contributed by atoms with E-state index in [1.807, 2.05) is 11.0 Å². The van der Waals surface area contributed by atoms with Crippen LogP contribution in [-0.2, 0) is 10.2 Å². The van der Waals surface area contributed by atoms with Crippen LogP contribution in [0.2, 0.25) is 5.02 Å². The number of halogens is 1. The Bertz CT molecular complexity index is 1190. The van der Waals surface area contributed by atoms with E-state index in [0.29, 0.717) is 17.9 Å². The van der Waals surface area contributed by atoms with Gasteiger partial charge in [-0.2, -0.15) is 0 Å². The lowest BCUT2D eigenvalue weighted by Gasteiger charge is -2.53. The van der Waals surface area contributed by atoms with Gasteiger partial charge in [0.05, 0.1) is 6.54 Å². The Kier molecular flexibility index (Phi) is 5.96. The first kappa shape index (κ1) is 23.9. The predicted octanol–water partition coefficient (Wildman–Crippen LogP) is 3.19. The van der Waals surface area contributed by atoms with Gasteiger partial charge in [0.15, 0.2) is 0 Å². The smallest absolute Gasteiger partial charge is 0.241 e. The molecule has 196 valence electrons. The Balaban J connectivity index is 1.03. The van der Waals surface area contributed by atoms with Crippen molar-refractivity contribution in [1.29, 1.82) is 0 Å². The van der Waals surface area contributed by atoms with Crippen LogP contribution in [-0.4, -0.2) is 86.1 Å². The van der Waals surface area contributed by atoms with Crippen molar-refractivity contribution in [2.45, 2.75) is 31.1 Å². The van der Waals surface area contributed by atoms with E-state index in [4.69, 9.17) is 11.6 Å². The highest BCUT2D eigenvalue weighted by Gasteiger charge is 2.53. The van der Waals surface area contributed by atoms with E-state index in [1.54, 1.807) is 6.20 Å². The fourth-order valence-electron chi connectivity index (χ4n) is 7.47. The summed E-state index contributed by atoms with van der Waals surface area (Å²) in [5.74, 6) is 1.66. The topological polar surface area (TPSA) is 63.7 Å². The number of likely N-dealkylation sites (tertiary alicyclic amines) is 1. The van der Waals surface area contributed by atoms with Crippen LogP contribution in [0.15, 0.2) is 36.5 Å². The molecule has 1 unspecified atom stereocenters. The van der Waals surface area contributed by atoms with Crippen molar-refractivity contribution in [3.05, 3.63) is 52.7 Å². The number of carbonyl (C=O) groups is 1. The minimum Gasteiger partial charge on any atom is -0.369 e. The van der Waals surface area contributed by atoms with Crippen molar-refractivity contribution in [2.24, 2.45) is 11.3 Å². The lowest BCUT2D eigenvalue weighted by atomic mass is 9.72. The van der Waals surface area contributed by atoms with Gasteiger partial charge >= 0.3 is 0 Å². The summed E-state index contributed by atoms with van der Waals surface area (Å²) < 4.78 is 0. The van der Waals surface area contributed by atoms with E-state index >= 15 is 0 Å². The number of benzene rings is 1. The first-order valence-electron chi connectivity index (χ1n) is 14.0. The van der Waals surface area contributed by atoms with Gasteiger partial charge in [-0.3, -0.25) is 9.69 Å². The number of carbonyl (C=O) groups excluding carboxylic acids is 1. The van der Waals surface area contributed by atoms with Gasteiger partial charge < -0.3 is 20.4 Å². The first-order valence-corrected chi connectivity index (χ1v) is 14.4. The molecule has 7 rings (SSSR count). The second-order valence-corrected chi connectivity index (χ2v) is 12.4. The molecule has 3 saturated heterocycles. The van der Waals surface area contributed by atoms with Gasteiger partial charge in [-0.1, -0.05) is 23.7 Å². The Morgan fingerprint density at radius 1 is 1.05 bits per heavy atom. The Labute approximate surface area is 224 Å². The standard InChI is InChI=1S/C29H37ClN6O/c30-24-6-9-32-27-26(24)29(18-33-27,21-4-5-21)22-2-1-3-23(16-22)36-15-14-34(17-25(36)37)12-13-35-19-28(20-35)7-10-31-11-8-28/h1-3,6,9,16,21,31H,4-5,7-8,10-15,17-20H2,(H,32,33). The van der Waals surface area contributed by atoms with Crippen LogP contribution in [0.25, 0.3) is 0 Å². The number of rotatable bonds is 6. The van der Waals surface area contributed by atoms with Gasteiger partial charge in [0.25, 0.3) is 0 Å². The number of fused-ring (bicyclic) bond motifs is 1. The summed E-state index contributed by atoms with van der Waals surface area (Å²) in [6, 6.07) is 10.6. The van der Waals surface area contributed by atoms with Crippen LogP contribution < -0.4 is 15.5 Å². The highest BCUT2D eigenvalue weighted by molar-refractivity contribution is 6.32. The van der Waals surface area contributed by atoms with Crippen molar-refractivity contribution in [3.63, 3.8) is 0 Å². The SMILES string of the molecule is O=C1CN(CCN2CC3(CCNCC3)C2)CCN1c1cccc(C2(C3CC3)CNc3nccc(Cl)c32)c1. The molecule has 5 heterocycles. The summed E-state index contributed by atoms with van der Waals surface area (Å²) in [7, 11) is 0. The number of nitrogens with zero attached hydrogens (tertiary/aromatic N) is 4. The van der Waals surface area contributed by atoms with Gasteiger partial charge in [0.1, 0.15) is 5.82 Å². The molecule has 4 fully saturated rings. The van der Waals surface area contributed by atoms with Crippen LogP contribution in [0.4, 0.5) is 11.5 Å². The molecular weight excluding hydrogens is 484 g/mol. The fraction of sp³-hybridized carbons (Fsp3) is 0.586. The number of anilines is 2. The average molecular weight is 521 g/mol. The fourth-order valence-corrected chi connectivity index (χ4v) is 7.78. The predicted molar refractivity (Wildman–Crippen MR) is 147 cm³/mol. The van der Waals surface area contributed by atoms with Gasteiger partial charge in [-0.15, -0.1) is 0 Å². The molecule has 1 amide bonds. The number of piperazine rings is 1. The molecule has 1 aromatic carbocycles. The summed E-state index contributed by atoms with van der Waals surface area (Å²) in [5, 5.41) is 7.79. The number of pyridine rings is 1. The summed E-state index contributed by atoms with van der Waals surface area (Å²) in [6.45, 7) is 9.82. The zero-order valence-corrected chi connectivity index (χ0v) is 22.3. The molecule has 1 aliphatic carbocycles. The zero-order valence-electron chi connectivity index (χ0n) is 21.5. The highest BCUT2D eigenvalue weighted by Crippen LogP contribution is 2.57. The van der Waals surface area contributed by atoms with E-state index in [0.717, 1.165) is 54.8 Å². The Morgan fingerprint density at radius 2 is 1.86 bits per heavy atom. The van der Waals surface area contributed by atoms with Crippen LogP contribution in [0.1, 0.15) is 36.8 Å². The maximum atomic E-state index is 13.3. The molecule has 1 aromatic heterocycles. The molecule has 4 aliphatic heterocycles. The second kappa shape index (κ2) is 9.23. The third kappa shape index (κ3) is 4.15. The number of aromatic nitrogens is 1. The molecule has 8 heteroatoms. The van der Waals surface area contributed by atoms with Crippen LogP contribution in [0, 0.1) is 11.3 Å².